The van der Waals surface area contributed by atoms with E-state index in [0.717, 1.165) is 9.87 Å². The molecule has 0 aromatic heterocycles. The van der Waals surface area contributed by atoms with E-state index < -0.39 is 10.0 Å². The smallest absolute Gasteiger partial charge is 0.251 e. The quantitative estimate of drug-likeness (QED) is 0.861. The first-order chi connectivity index (χ1) is 11.7. The highest BCUT2D eigenvalue weighted by atomic mass is 32.2. The molecule has 0 atom stereocenters. The molecule has 0 fully saturated rings. The van der Waals surface area contributed by atoms with Gasteiger partial charge in [0, 0.05) is 26.2 Å². The largest absolute Gasteiger partial charge is 0.348 e. The normalized spacial score (nSPS) is 11.8. The van der Waals surface area contributed by atoms with Gasteiger partial charge >= 0.3 is 0 Å². The molecule has 6 heteroatoms. The maximum atomic E-state index is 12.3. The number of carbonyl (C=O) groups excluding carboxylic acids is 1. The molecular weight excluding hydrogens is 336 g/mol. The lowest BCUT2D eigenvalue weighted by atomic mass is 9.97. The van der Waals surface area contributed by atoms with Crippen LogP contribution in [0.25, 0.3) is 0 Å². The lowest BCUT2D eigenvalue weighted by Crippen LogP contribution is -2.24. The van der Waals surface area contributed by atoms with Crippen LogP contribution in [0.4, 0.5) is 0 Å². The summed E-state index contributed by atoms with van der Waals surface area (Å²) in [5, 5.41) is 2.89. The van der Waals surface area contributed by atoms with Crippen LogP contribution in [0.3, 0.4) is 0 Å². The maximum absolute atomic E-state index is 12.3. The van der Waals surface area contributed by atoms with Crippen molar-refractivity contribution in [1.82, 2.24) is 9.62 Å². The summed E-state index contributed by atoms with van der Waals surface area (Å²) in [7, 11) is -0.539. The summed E-state index contributed by atoms with van der Waals surface area (Å²) < 4.78 is 25.2. The molecule has 0 heterocycles. The van der Waals surface area contributed by atoms with Crippen molar-refractivity contribution >= 4 is 15.9 Å². The fourth-order valence-electron chi connectivity index (χ4n) is 2.53. The van der Waals surface area contributed by atoms with E-state index in [1.54, 1.807) is 0 Å². The Kier molecular flexibility index (Phi) is 5.98. The van der Waals surface area contributed by atoms with Crippen molar-refractivity contribution in [1.29, 1.82) is 0 Å². The first-order valence-electron chi connectivity index (χ1n) is 8.12. The van der Waals surface area contributed by atoms with Crippen LogP contribution in [0.1, 0.15) is 41.3 Å². The Morgan fingerprint density at radius 1 is 1.04 bits per heavy atom. The predicted molar refractivity (Wildman–Crippen MR) is 99.0 cm³/mol. The van der Waals surface area contributed by atoms with Crippen LogP contribution in [-0.4, -0.2) is 32.7 Å². The fourth-order valence-corrected chi connectivity index (χ4v) is 3.43. The zero-order chi connectivity index (χ0) is 18.6. The molecule has 2 aromatic rings. The highest BCUT2D eigenvalue weighted by Gasteiger charge is 2.17. The molecule has 2 rings (SSSR count). The highest BCUT2D eigenvalue weighted by molar-refractivity contribution is 7.89. The van der Waals surface area contributed by atoms with Crippen molar-refractivity contribution in [2.45, 2.75) is 31.2 Å². The van der Waals surface area contributed by atoms with Crippen LogP contribution in [0, 0.1) is 0 Å². The van der Waals surface area contributed by atoms with Gasteiger partial charge in [-0.15, -0.1) is 0 Å². The SMILES string of the molecule is CC(C)c1ccccc1CNC(=O)c1ccc(S(=O)(=O)N(C)C)cc1. The van der Waals surface area contributed by atoms with E-state index in [4.69, 9.17) is 0 Å². The van der Waals surface area contributed by atoms with Crippen LogP contribution < -0.4 is 5.32 Å². The van der Waals surface area contributed by atoms with Gasteiger partial charge in [-0.05, 0) is 41.3 Å². The Labute approximate surface area is 149 Å². The Bertz CT molecular complexity index is 841. The molecule has 1 amide bonds. The van der Waals surface area contributed by atoms with Crippen LogP contribution in [0.2, 0.25) is 0 Å². The van der Waals surface area contributed by atoms with E-state index in [1.165, 1.54) is 43.9 Å². The summed E-state index contributed by atoms with van der Waals surface area (Å²) in [5.41, 5.74) is 2.72. The molecule has 0 aliphatic rings. The molecule has 0 saturated heterocycles. The van der Waals surface area contributed by atoms with Gasteiger partial charge < -0.3 is 5.32 Å². The summed E-state index contributed by atoms with van der Waals surface area (Å²) in [6.45, 7) is 4.67. The zero-order valence-corrected chi connectivity index (χ0v) is 15.8. The van der Waals surface area contributed by atoms with Gasteiger partial charge in [0.2, 0.25) is 10.0 Å². The van der Waals surface area contributed by atoms with Crippen LogP contribution in [0.15, 0.2) is 53.4 Å². The minimum atomic E-state index is -3.49. The van der Waals surface area contributed by atoms with Gasteiger partial charge in [0.05, 0.1) is 4.90 Å². The molecule has 0 aliphatic carbocycles. The lowest BCUT2D eigenvalue weighted by Gasteiger charge is -2.14. The molecule has 0 unspecified atom stereocenters. The minimum absolute atomic E-state index is 0.166. The number of amides is 1. The molecule has 25 heavy (non-hydrogen) atoms. The number of nitrogens with zero attached hydrogens (tertiary/aromatic N) is 1. The molecular formula is C19H24N2O3S. The zero-order valence-electron chi connectivity index (χ0n) is 15.0. The summed E-state index contributed by atoms with van der Waals surface area (Å²) in [5.74, 6) is 0.149. The molecule has 134 valence electrons. The molecule has 0 spiro atoms. The second kappa shape index (κ2) is 7.80. The van der Waals surface area contributed by atoms with Crippen molar-refractivity contribution in [2.24, 2.45) is 0 Å². The Morgan fingerprint density at radius 2 is 1.64 bits per heavy atom. The molecule has 0 bridgehead atoms. The fraction of sp³-hybridized carbons (Fsp3) is 0.316. The second-order valence-electron chi connectivity index (χ2n) is 6.35. The maximum Gasteiger partial charge on any atom is 0.251 e. The number of hydrogen-bond donors (Lipinski definition) is 1. The van der Waals surface area contributed by atoms with Crippen LogP contribution in [0.5, 0.6) is 0 Å². The van der Waals surface area contributed by atoms with E-state index in [1.807, 2.05) is 18.2 Å². The van der Waals surface area contributed by atoms with Crippen molar-refractivity contribution < 1.29 is 13.2 Å². The average molecular weight is 360 g/mol. The third-order valence-electron chi connectivity index (χ3n) is 4.01. The molecule has 0 aliphatic heterocycles. The van der Waals surface area contributed by atoms with Crippen molar-refractivity contribution in [3.63, 3.8) is 0 Å². The van der Waals surface area contributed by atoms with Gasteiger partial charge in [0.15, 0.2) is 0 Å². The molecule has 5 nitrogen and oxygen atoms in total. The third kappa shape index (κ3) is 4.46. The monoisotopic (exact) mass is 360 g/mol. The molecule has 0 saturated carbocycles. The molecule has 1 N–H and O–H groups in total. The van der Waals surface area contributed by atoms with Gasteiger partial charge in [0.1, 0.15) is 0 Å². The highest BCUT2D eigenvalue weighted by Crippen LogP contribution is 2.19. The van der Waals surface area contributed by atoms with Gasteiger partial charge in [0.25, 0.3) is 5.91 Å². The first kappa shape index (κ1) is 19.1. The Hall–Kier alpha value is -2.18. The minimum Gasteiger partial charge on any atom is -0.348 e. The van der Waals surface area contributed by atoms with Crippen LogP contribution >= 0.6 is 0 Å². The summed E-state index contributed by atoms with van der Waals surface area (Å²) in [4.78, 5) is 12.5. The lowest BCUT2D eigenvalue weighted by molar-refractivity contribution is 0.0950. The third-order valence-corrected chi connectivity index (χ3v) is 5.84. The van der Waals surface area contributed by atoms with E-state index in [-0.39, 0.29) is 10.8 Å². The van der Waals surface area contributed by atoms with Crippen molar-refractivity contribution in [3.05, 3.63) is 65.2 Å². The summed E-state index contributed by atoms with van der Waals surface area (Å²) in [6.07, 6.45) is 0. The topological polar surface area (TPSA) is 66.5 Å². The summed E-state index contributed by atoms with van der Waals surface area (Å²) in [6, 6.07) is 14.0. The average Bonchev–Trinajstić information content (AvgIpc) is 2.59. The van der Waals surface area contributed by atoms with Gasteiger partial charge in [-0.1, -0.05) is 38.1 Å². The number of sulfonamides is 1. The van der Waals surface area contributed by atoms with Crippen molar-refractivity contribution in [3.8, 4) is 0 Å². The number of rotatable bonds is 6. The van der Waals surface area contributed by atoms with Crippen molar-refractivity contribution in [2.75, 3.05) is 14.1 Å². The number of hydrogen-bond acceptors (Lipinski definition) is 3. The summed E-state index contributed by atoms with van der Waals surface area (Å²) >= 11 is 0. The van der Waals surface area contributed by atoms with Gasteiger partial charge in [-0.3, -0.25) is 4.79 Å². The molecule has 2 aromatic carbocycles. The van der Waals surface area contributed by atoms with E-state index >= 15 is 0 Å². The number of carbonyl (C=O) groups is 1. The molecule has 0 radical (unpaired) electrons. The van der Waals surface area contributed by atoms with Gasteiger partial charge in [-0.2, -0.15) is 0 Å². The number of benzene rings is 2. The Morgan fingerprint density at radius 3 is 2.20 bits per heavy atom. The van der Waals surface area contributed by atoms with Crippen LogP contribution in [-0.2, 0) is 16.6 Å². The van der Waals surface area contributed by atoms with E-state index in [2.05, 4.69) is 25.2 Å². The first-order valence-corrected chi connectivity index (χ1v) is 9.56. The van der Waals surface area contributed by atoms with Gasteiger partial charge in [-0.25, -0.2) is 12.7 Å². The second-order valence-corrected chi connectivity index (χ2v) is 8.50. The predicted octanol–water partition coefficient (Wildman–Crippen LogP) is 2.99. The standard InChI is InChI=1S/C19H24N2O3S/c1-14(2)18-8-6-5-7-16(18)13-20-19(22)15-9-11-17(12-10-15)25(23,24)21(3)4/h5-12,14H,13H2,1-4H3,(H,20,22). The van der Waals surface area contributed by atoms with E-state index in [0.29, 0.717) is 18.0 Å². The Balaban J connectivity index is 2.10. The number of nitrogens with one attached hydrogen (secondary N) is 1. The van der Waals surface area contributed by atoms with E-state index in [9.17, 15) is 13.2 Å².